The first-order valence-electron chi connectivity index (χ1n) is 9.72. The zero-order valence-electron chi connectivity index (χ0n) is 17.2. The van der Waals surface area contributed by atoms with E-state index in [1.807, 2.05) is 18.2 Å². The van der Waals surface area contributed by atoms with E-state index in [4.69, 9.17) is 9.15 Å². The Balaban J connectivity index is 1.57. The molecule has 0 spiro atoms. The topological polar surface area (TPSA) is 101 Å². The lowest BCUT2D eigenvalue weighted by molar-refractivity contribution is -0.127. The number of hydrazine groups is 1. The van der Waals surface area contributed by atoms with Crippen LogP contribution >= 0.6 is 0 Å². The van der Waals surface area contributed by atoms with Crippen LogP contribution in [0.5, 0.6) is 0 Å². The van der Waals surface area contributed by atoms with Crippen molar-refractivity contribution in [3.05, 3.63) is 35.6 Å². The van der Waals surface area contributed by atoms with Crippen LogP contribution in [0.3, 0.4) is 0 Å². The Morgan fingerprint density at radius 2 is 1.90 bits per heavy atom. The number of fused-ring (bicyclic) bond motifs is 1. The molecule has 2 N–H and O–H groups in total. The fraction of sp³-hybridized carbons (Fsp3) is 0.476. The van der Waals surface area contributed by atoms with Gasteiger partial charge in [-0.15, -0.1) is 0 Å². The zero-order chi connectivity index (χ0) is 21.2. The van der Waals surface area contributed by atoms with Gasteiger partial charge in [0.15, 0.2) is 5.76 Å². The van der Waals surface area contributed by atoms with E-state index < -0.39 is 23.5 Å². The van der Waals surface area contributed by atoms with Gasteiger partial charge in [0.05, 0.1) is 5.92 Å². The largest absolute Gasteiger partial charge is 0.451 e. The first-order chi connectivity index (χ1) is 13.7. The Morgan fingerprint density at radius 3 is 2.59 bits per heavy atom. The zero-order valence-corrected chi connectivity index (χ0v) is 17.2. The summed E-state index contributed by atoms with van der Waals surface area (Å²) in [6.07, 6.45) is 0.885. The van der Waals surface area contributed by atoms with Crippen LogP contribution in [-0.2, 0) is 9.53 Å². The number of hydrogen-bond donors (Lipinski definition) is 2. The van der Waals surface area contributed by atoms with Crippen LogP contribution in [-0.4, -0.2) is 41.5 Å². The molecule has 1 saturated heterocycles. The molecule has 1 aliphatic rings. The number of nitrogens with zero attached hydrogens (tertiary/aromatic N) is 1. The van der Waals surface area contributed by atoms with E-state index in [2.05, 4.69) is 10.9 Å². The fourth-order valence-corrected chi connectivity index (χ4v) is 3.35. The van der Waals surface area contributed by atoms with E-state index in [0.29, 0.717) is 30.5 Å². The minimum Gasteiger partial charge on any atom is -0.451 e. The van der Waals surface area contributed by atoms with E-state index in [1.54, 1.807) is 33.8 Å². The average molecular weight is 401 g/mol. The van der Waals surface area contributed by atoms with Gasteiger partial charge in [0.25, 0.3) is 0 Å². The van der Waals surface area contributed by atoms with Gasteiger partial charge < -0.3 is 14.1 Å². The quantitative estimate of drug-likeness (QED) is 0.753. The number of rotatable bonds is 2. The van der Waals surface area contributed by atoms with E-state index in [-0.39, 0.29) is 18.2 Å². The number of carbonyl (C=O) groups excluding carboxylic acids is 3. The second kappa shape index (κ2) is 8.14. The van der Waals surface area contributed by atoms with E-state index >= 15 is 0 Å². The highest BCUT2D eigenvalue weighted by molar-refractivity contribution is 5.99. The molecular weight excluding hydrogens is 374 g/mol. The number of para-hydroxylation sites is 1. The number of amides is 3. The normalized spacial score (nSPS) is 17.1. The molecule has 1 aromatic carbocycles. The Hall–Kier alpha value is -3.03. The summed E-state index contributed by atoms with van der Waals surface area (Å²) in [6, 6.07) is 7.35. The van der Waals surface area contributed by atoms with E-state index in [1.165, 1.54) is 4.90 Å². The van der Waals surface area contributed by atoms with Crippen molar-refractivity contribution in [2.24, 2.45) is 5.92 Å². The van der Waals surface area contributed by atoms with Gasteiger partial charge in [-0.3, -0.25) is 20.4 Å². The van der Waals surface area contributed by atoms with Crippen molar-refractivity contribution in [2.75, 3.05) is 13.1 Å². The van der Waals surface area contributed by atoms with Gasteiger partial charge in [-0.05, 0) is 46.6 Å². The Labute approximate surface area is 169 Å². The monoisotopic (exact) mass is 401 g/mol. The highest BCUT2D eigenvalue weighted by Crippen LogP contribution is 2.24. The molecule has 0 bridgehead atoms. The third-order valence-corrected chi connectivity index (χ3v) is 4.79. The van der Waals surface area contributed by atoms with Gasteiger partial charge in [0.2, 0.25) is 5.91 Å². The van der Waals surface area contributed by atoms with Crippen molar-refractivity contribution >= 4 is 28.9 Å². The number of nitrogens with one attached hydrogen (secondary N) is 2. The molecule has 0 saturated carbocycles. The van der Waals surface area contributed by atoms with Gasteiger partial charge in [0, 0.05) is 24.0 Å². The lowest BCUT2D eigenvalue weighted by Gasteiger charge is -2.33. The first kappa shape index (κ1) is 20.7. The number of ether oxygens (including phenoxy) is 1. The maximum Gasteiger partial charge on any atom is 0.410 e. The summed E-state index contributed by atoms with van der Waals surface area (Å²) in [6.45, 7) is 7.99. The molecule has 1 unspecified atom stereocenters. The SMILES string of the molecule is Cc1c(C(=O)NNC(=O)C2CCCN(C(=O)OC(C)(C)C)C2)oc2ccccc12. The minimum atomic E-state index is -0.593. The summed E-state index contributed by atoms with van der Waals surface area (Å²) in [5.41, 5.74) is 5.60. The molecule has 3 rings (SSSR count). The van der Waals surface area contributed by atoms with Crippen molar-refractivity contribution in [1.29, 1.82) is 0 Å². The van der Waals surface area contributed by atoms with Crippen molar-refractivity contribution < 1.29 is 23.5 Å². The second-order valence-electron chi connectivity index (χ2n) is 8.26. The van der Waals surface area contributed by atoms with Crippen LogP contribution in [0.2, 0.25) is 0 Å². The van der Waals surface area contributed by atoms with Crippen LogP contribution in [0.1, 0.15) is 49.7 Å². The number of likely N-dealkylation sites (tertiary alicyclic amines) is 1. The predicted molar refractivity (Wildman–Crippen MR) is 107 cm³/mol. The van der Waals surface area contributed by atoms with Crippen molar-refractivity contribution in [1.82, 2.24) is 15.8 Å². The summed E-state index contributed by atoms with van der Waals surface area (Å²) in [5.74, 6) is -1.13. The maximum atomic E-state index is 12.5. The Bertz CT molecular complexity index is 928. The predicted octanol–water partition coefficient (Wildman–Crippen LogP) is 3.15. The molecule has 3 amide bonds. The molecule has 1 fully saturated rings. The van der Waals surface area contributed by atoms with E-state index in [9.17, 15) is 14.4 Å². The summed E-state index contributed by atoms with van der Waals surface area (Å²) >= 11 is 0. The van der Waals surface area contributed by atoms with Crippen LogP contribution in [0, 0.1) is 12.8 Å². The van der Waals surface area contributed by atoms with Crippen LogP contribution in [0.25, 0.3) is 11.0 Å². The first-order valence-corrected chi connectivity index (χ1v) is 9.72. The number of hydrogen-bond acceptors (Lipinski definition) is 5. The molecule has 1 atom stereocenters. The van der Waals surface area contributed by atoms with Gasteiger partial charge in [0.1, 0.15) is 11.2 Å². The highest BCUT2D eigenvalue weighted by atomic mass is 16.6. The number of carbonyl (C=O) groups is 3. The van der Waals surface area contributed by atoms with Crippen LogP contribution < -0.4 is 10.9 Å². The molecule has 156 valence electrons. The molecule has 2 heterocycles. The van der Waals surface area contributed by atoms with Gasteiger partial charge >= 0.3 is 12.0 Å². The number of benzene rings is 1. The van der Waals surface area contributed by atoms with Gasteiger partial charge in [-0.2, -0.15) is 0 Å². The molecular formula is C21H27N3O5. The van der Waals surface area contributed by atoms with Gasteiger partial charge in [-0.1, -0.05) is 18.2 Å². The molecule has 2 aromatic rings. The highest BCUT2D eigenvalue weighted by Gasteiger charge is 2.31. The van der Waals surface area contributed by atoms with Crippen molar-refractivity contribution in [3.8, 4) is 0 Å². The standard InChI is InChI=1S/C21H27N3O5/c1-13-15-9-5-6-10-16(15)28-17(13)19(26)23-22-18(25)14-8-7-11-24(12-14)20(27)29-21(2,3)4/h5-6,9-10,14H,7-8,11-12H2,1-4H3,(H,22,25)(H,23,26). The molecule has 8 nitrogen and oxygen atoms in total. The molecule has 8 heteroatoms. The van der Waals surface area contributed by atoms with E-state index in [0.717, 1.165) is 5.39 Å². The number of piperidine rings is 1. The Kier molecular flexibility index (Phi) is 5.81. The minimum absolute atomic E-state index is 0.158. The molecule has 0 radical (unpaired) electrons. The molecule has 1 aliphatic heterocycles. The fourth-order valence-electron chi connectivity index (χ4n) is 3.35. The van der Waals surface area contributed by atoms with Crippen molar-refractivity contribution in [2.45, 2.75) is 46.1 Å². The van der Waals surface area contributed by atoms with Crippen LogP contribution in [0.4, 0.5) is 4.79 Å². The lowest BCUT2D eigenvalue weighted by Crippen LogP contribution is -2.50. The summed E-state index contributed by atoms with van der Waals surface area (Å²) < 4.78 is 11.0. The summed E-state index contributed by atoms with van der Waals surface area (Å²) in [5, 5.41) is 0.851. The smallest absolute Gasteiger partial charge is 0.410 e. The average Bonchev–Trinajstić information content (AvgIpc) is 3.01. The number of aryl methyl sites for hydroxylation is 1. The van der Waals surface area contributed by atoms with Gasteiger partial charge in [-0.25, -0.2) is 4.79 Å². The molecule has 1 aromatic heterocycles. The Morgan fingerprint density at radius 1 is 1.17 bits per heavy atom. The molecule has 0 aliphatic carbocycles. The third-order valence-electron chi connectivity index (χ3n) is 4.79. The molecule has 29 heavy (non-hydrogen) atoms. The second-order valence-corrected chi connectivity index (χ2v) is 8.26. The number of furan rings is 1. The summed E-state index contributed by atoms with van der Waals surface area (Å²) in [7, 11) is 0. The maximum absolute atomic E-state index is 12.5. The lowest BCUT2D eigenvalue weighted by atomic mass is 9.98. The van der Waals surface area contributed by atoms with Crippen molar-refractivity contribution in [3.63, 3.8) is 0 Å². The summed E-state index contributed by atoms with van der Waals surface area (Å²) in [4.78, 5) is 38.7. The third kappa shape index (κ3) is 4.88. The van der Waals surface area contributed by atoms with Crippen LogP contribution in [0.15, 0.2) is 28.7 Å².